The average molecular weight is 521 g/mol. The summed E-state index contributed by atoms with van der Waals surface area (Å²) in [5.74, 6) is -1.11. The standard InChI is InChI=1S/C29H32N2O5S/c1-20-15-16-22(29(2,3)4)18-26(20)37(34,35)30-24-13-7-6-12-23(24)28(33)36-19-27(32)31-17-9-11-21-10-5-8-14-25(21)31/h5-8,10,12-16,18,30H,9,11,17,19H2,1-4H3. The Hall–Kier alpha value is -3.65. The van der Waals surface area contributed by atoms with E-state index in [-0.39, 0.29) is 27.5 Å². The summed E-state index contributed by atoms with van der Waals surface area (Å²) in [7, 11) is -4.00. The van der Waals surface area contributed by atoms with Gasteiger partial charge in [0.2, 0.25) is 0 Å². The van der Waals surface area contributed by atoms with Crippen molar-refractivity contribution in [2.45, 2.75) is 50.8 Å². The van der Waals surface area contributed by atoms with E-state index in [0.29, 0.717) is 12.1 Å². The molecule has 8 heteroatoms. The maximum Gasteiger partial charge on any atom is 0.340 e. The molecule has 4 rings (SSSR count). The van der Waals surface area contributed by atoms with E-state index < -0.39 is 22.6 Å². The quantitative estimate of drug-likeness (QED) is 0.450. The van der Waals surface area contributed by atoms with Crippen LogP contribution in [0.25, 0.3) is 0 Å². The fourth-order valence-corrected chi connectivity index (χ4v) is 5.73. The highest BCUT2D eigenvalue weighted by Gasteiger charge is 2.26. The van der Waals surface area contributed by atoms with Crippen molar-refractivity contribution in [3.63, 3.8) is 0 Å². The van der Waals surface area contributed by atoms with E-state index in [0.717, 1.165) is 29.7 Å². The molecule has 7 nitrogen and oxygen atoms in total. The van der Waals surface area contributed by atoms with Crippen LogP contribution in [0.15, 0.2) is 71.6 Å². The van der Waals surface area contributed by atoms with Crippen molar-refractivity contribution in [3.8, 4) is 0 Å². The molecule has 37 heavy (non-hydrogen) atoms. The zero-order chi connectivity index (χ0) is 26.8. The Morgan fingerprint density at radius 3 is 2.46 bits per heavy atom. The first-order chi connectivity index (χ1) is 17.5. The third kappa shape index (κ3) is 5.85. The molecule has 1 aliphatic heterocycles. The topological polar surface area (TPSA) is 92.8 Å². The van der Waals surface area contributed by atoms with Crippen LogP contribution in [-0.4, -0.2) is 33.4 Å². The van der Waals surface area contributed by atoms with Crippen molar-refractivity contribution >= 4 is 33.3 Å². The normalized spacial score (nSPS) is 13.6. The molecule has 0 spiro atoms. The summed E-state index contributed by atoms with van der Waals surface area (Å²) >= 11 is 0. The maximum atomic E-state index is 13.3. The fraction of sp³-hybridized carbons (Fsp3) is 0.310. The lowest BCUT2D eigenvalue weighted by molar-refractivity contribution is -0.121. The number of carbonyl (C=O) groups is 2. The lowest BCUT2D eigenvalue weighted by Crippen LogP contribution is -2.38. The second-order valence-corrected chi connectivity index (χ2v) is 11.9. The summed E-state index contributed by atoms with van der Waals surface area (Å²) in [5, 5.41) is 0. The molecule has 194 valence electrons. The molecule has 0 atom stereocenters. The third-order valence-corrected chi connectivity index (χ3v) is 7.98. The molecule has 3 aromatic carbocycles. The van der Waals surface area contributed by atoms with Crippen molar-refractivity contribution in [1.82, 2.24) is 0 Å². The predicted octanol–water partition coefficient (Wildman–Crippen LogP) is 5.23. The van der Waals surface area contributed by atoms with Gasteiger partial charge in [-0.25, -0.2) is 13.2 Å². The first-order valence-corrected chi connectivity index (χ1v) is 13.7. The number of aryl methyl sites for hydroxylation is 2. The molecule has 1 amide bonds. The van der Waals surface area contributed by atoms with E-state index in [2.05, 4.69) is 4.72 Å². The first-order valence-electron chi connectivity index (χ1n) is 12.3. The number of hydrogen-bond acceptors (Lipinski definition) is 5. The minimum atomic E-state index is -4.00. The van der Waals surface area contributed by atoms with Crippen LogP contribution in [0.1, 0.15) is 54.2 Å². The summed E-state index contributed by atoms with van der Waals surface area (Å²) in [6, 6.07) is 19.2. The Morgan fingerprint density at radius 2 is 1.70 bits per heavy atom. The summed E-state index contributed by atoms with van der Waals surface area (Å²) in [6.45, 7) is 7.87. The lowest BCUT2D eigenvalue weighted by atomic mass is 9.87. The molecule has 0 saturated carbocycles. The van der Waals surface area contributed by atoms with Crippen LogP contribution in [0, 0.1) is 6.92 Å². The maximum absolute atomic E-state index is 13.3. The Bertz CT molecular complexity index is 1440. The molecule has 0 radical (unpaired) electrons. The number of carbonyl (C=O) groups excluding carboxylic acids is 2. The Balaban J connectivity index is 1.51. The number of rotatable bonds is 6. The van der Waals surface area contributed by atoms with Gasteiger partial charge in [0.1, 0.15) is 0 Å². The van der Waals surface area contributed by atoms with Gasteiger partial charge in [0.05, 0.1) is 16.1 Å². The molecule has 0 aliphatic carbocycles. The molecule has 0 saturated heterocycles. The number of fused-ring (bicyclic) bond motifs is 1. The minimum absolute atomic E-state index is 0.0301. The molecular weight excluding hydrogens is 488 g/mol. The van der Waals surface area contributed by atoms with E-state index in [9.17, 15) is 18.0 Å². The molecule has 1 N–H and O–H groups in total. The van der Waals surface area contributed by atoms with Gasteiger partial charge in [-0.3, -0.25) is 9.52 Å². The number of amides is 1. The van der Waals surface area contributed by atoms with E-state index in [1.165, 1.54) is 12.1 Å². The molecule has 0 aromatic heterocycles. The van der Waals surface area contributed by atoms with Crippen LogP contribution in [0.3, 0.4) is 0 Å². The minimum Gasteiger partial charge on any atom is -0.452 e. The molecule has 0 bridgehead atoms. The summed E-state index contributed by atoms with van der Waals surface area (Å²) in [5.41, 5.74) is 3.26. The molecule has 1 heterocycles. The van der Waals surface area contributed by atoms with Crippen LogP contribution in [0.2, 0.25) is 0 Å². The number of sulfonamides is 1. The van der Waals surface area contributed by atoms with Crippen molar-refractivity contribution in [2.75, 3.05) is 22.8 Å². The van der Waals surface area contributed by atoms with Crippen LogP contribution < -0.4 is 9.62 Å². The second-order valence-electron chi connectivity index (χ2n) is 10.2. The van der Waals surface area contributed by atoms with E-state index in [4.69, 9.17) is 4.74 Å². The molecule has 0 unspecified atom stereocenters. The predicted molar refractivity (Wildman–Crippen MR) is 145 cm³/mol. The fourth-order valence-electron chi connectivity index (χ4n) is 4.38. The molecule has 0 fully saturated rings. The van der Waals surface area contributed by atoms with Gasteiger partial charge >= 0.3 is 5.97 Å². The van der Waals surface area contributed by atoms with Gasteiger partial charge in [0, 0.05) is 12.2 Å². The van der Waals surface area contributed by atoms with Crippen molar-refractivity contribution in [1.29, 1.82) is 0 Å². The number of para-hydroxylation sites is 2. The van der Waals surface area contributed by atoms with Gasteiger partial charge in [-0.2, -0.15) is 0 Å². The van der Waals surface area contributed by atoms with Crippen molar-refractivity contribution < 1.29 is 22.7 Å². The monoisotopic (exact) mass is 520 g/mol. The van der Waals surface area contributed by atoms with Crippen LogP contribution in [-0.2, 0) is 31.4 Å². The number of ether oxygens (including phenoxy) is 1. The zero-order valence-electron chi connectivity index (χ0n) is 21.6. The van der Waals surface area contributed by atoms with E-state index >= 15 is 0 Å². The third-order valence-electron chi connectivity index (χ3n) is 6.47. The number of anilines is 2. The Morgan fingerprint density at radius 1 is 1.00 bits per heavy atom. The van der Waals surface area contributed by atoms with Gasteiger partial charge in [-0.05, 0) is 66.1 Å². The number of nitrogens with one attached hydrogen (secondary N) is 1. The van der Waals surface area contributed by atoms with E-state index in [1.54, 1.807) is 36.1 Å². The van der Waals surface area contributed by atoms with Gasteiger partial charge in [0.15, 0.2) is 6.61 Å². The average Bonchev–Trinajstić information content (AvgIpc) is 2.86. The first kappa shape index (κ1) is 26.4. The molecule has 1 aliphatic rings. The smallest absolute Gasteiger partial charge is 0.340 e. The summed E-state index contributed by atoms with van der Waals surface area (Å²) in [6.07, 6.45) is 1.72. The van der Waals surface area contributed by atoms with Crippen LogP contribution >= 0.6 is 0 Å². The number of nitrogens with zero attached hydrogens (tertiary/aromatic N) is 1. The number of esters is 1. The zero-order valence-corrected chi connectivity index (χ0v) is 22.4. The van der Waals surface area contributed by atoms with Crippen molar-refractivity contribution in [3.05, 3.63) is 89.0 Å². The largest absolute Gasteiger partial charge is 0.452 e. The summed E-state index contributed by atoms with van der Waals surface area (Å²) < 4.78 is 34.6. The summed E-state index contributed by atoms with van der Waals surface area (Å²) in [4.78, 5) is 27.6. The number of benzene rings is 3. The SMILES string of the molecule is Cc1ccc(C(C)(C)C)cc1S(=O)(=O)Nc1ccccc1C(=O)OCC(=O)N1CCCc2ccccc21. The van der Waals surface area contributed by atoms with Crippen LogP contribution in [0.5, 0.6) is 0 Å². The van der Waals surface area contributed by atoms with Crippen LogP contribution in [0.4, 0.5) is 11.4 Å². The molecule has 3 aromatic rings. The van der Waals surface area contributed by atoms with E-state index in [1.807, 2.05) is 51.1 Å². The van der Waals surface area contributed by atoms with Gasteiger partial charge in [-0.1, -0.05) is 63.2 Å². The van der Waals surface area contributed by atoms with Gasteiger partial charge in [0.25, 0.3) is 15.9 Å². The number of hydrogen-bond donors (Lipinski definition) is 1. The second kappa shape index (κ2) is 10.4. The van der Waals surface area contributed by atoms with Crippen molar-refractivity contribution in [2.24, 2.45) is 0 Å². The lowest BCUT2D eigenvalue weighted by Gasteiger charge is -2.29. The Kier molecular flexibility index (Phi) is 7.41. The molecular formula is C29H32N2O5S. The highest BCUT2D eigenvalue weighted by Crippen LogP contribution is 2.29. The van der Waals surface area contributed by atoms with Gasteiger partial charge in [-0.15, -0.1) is 0 Å². The van der Waals surface area contributed by atoms with Gasteiger partial charge < -0.3 is 9.64 Å². The Labute approximate surface area is 218 Å². The highest BCUT2D eigenvalue weighted by atomic mass is 32.2. The highest BCUT2D eigenvalue weighted by molar-refractivity contribution is 7.92.